The highest BCUT2D eigenvalue weighted by Crippen LogP contribution is 2.33. The first-order valence-electron chi connectivity index (χ1n) is 13.7. The standard InChI is InChI=1S/C23H22N4O.C8H14N2O2/c1-26(2)14-6-13-24-18-12-11-17-21-15(18)7-5-8-16(21)22-25-19-9-3-4-10-20(19)27(22)23(17)28;11-7-9-5-3-1-2-4-6-10-8-12/h3-5,7-12,24H,6,13-14H2,1-2H3;7H,1-6H2,(H,9,11). The number of fused-ring (bicyclic) bond motifs is 4. The minimum atomic E-state index is -0.00782. The number of para-hydroxylation sites is 2. The Morgan fingerprint density at radius 3 is 2.52 bits per heavy atom. The molecule has 2 heterocycles. The van der Waals surface area contributed by atoms with E-state index >= 15 is 0 Å². The number of amides is 1. The molecule has 5 aromatic rings. The summed E-state index contributed by atoms with van der Waals surface area (Å²) in [4.78, 5) is 43.1. The summed E-state index contributed by atoms with van der Waals surface area (Å²) in [6.07, 6.45) is 7.29. The van der Waals surface area contributed by atoms with Gasteiger partial charge in [0.05, 0.1) is 17.6 Å². The van der Waals surface area contributed by atoms with Gasteiger partial charge in [0.15, 0.2) is 0 Å². The van der Waals surface area contributed by atoms with E-state index in [4.69, 9.17) is 4.98 Å². The van der Waals surface area contributed by atoms with Crippen LogP contribution in [0.1, 0.15) is 32.1 Å². The average molecular weight is 541 g/mol. The Bertz CT molecular complexity index is 1670. The van der Waals surface area contributed by atoms with Crippen molar-refractivity contribution in [3.05, 3.63) is 65.0 Å². The molecule has 9 heteroatoms. The van der Waals surface area contributed by atoms with E-state index < -0.39 is 0 Å². The summed E-state index contributed by atoms with van der Waals surface area (Å²) in [5.41, 5.74) is 3.49. The zero-order chi connectivity index (χ0) is 28.3. The second-order valence-corrected chi connectivity index (χ2v) is 10.00. The Kier molecular flexibility index (Phi) is 10.2. The number of unbranched alkanes of at least 4 members (excludes halogenated alkanes) is 3. The topological polar surface area (TPSA) is 108 Å². The van der Waals surface area contributed by atoms with Crippen molar-refractivity contribution in [3.63, 3.8) is 0 Å². The van der Waals surface area contributed by atoms with Crippen molar-refractivity contribution in [1.82, 2.24) is 19.6 Å². The Labute approximate surface area is 233 Å². The summed E-state index contributed by atoms with van der Waals surface area (Å²) in [7, 11) is 4.17. The quantitative estimate of drug-likeness (QED) is 0.0979. The number of hydrogen-bond acceptors (Lipinski definition) is 7. The molecule has 40 heavy (non-hydrogen) atoms. The van der Waals surface area contributed by atoms with E-state index in [0.717, 1.165) is 95.7 Å². The fourth-order valence-corrected chi connectivity index (χ4v) is 4.95. The zero-order valence-corrected chi connectivity index (χ0v) is 23.2. The van der Waals surface area contributed by atoms with Gasteiger partial charge in [-0.1, -0.05) is 43.2 Å². The minimum Gasteiger partial charge on any atom is -0.384 e. The summed E-state index contributed by atoms with van der Waals surface area (Å²) in [5.74, 6) is 0. The number of imidazole rings is 1. The van der Waals surface area contributed by atoms with E-state index in [0.29, 0.717) is 13.0 Å². The molecular formula is C31H36N6O3. The number of hydrogen-bond donors (Lipinski definition) is 2. The predicted molar refractivity (Wildman–Crippen MR) is 162 cm³/mol. The van der Waals surface area contributed by atoms with E-state index in [9.17, 15) is 14.4 Å². The molecule has 0 atom stereocenters. The number of anilines is 1. The van der Waals surface area contributed by atoms with Gasteiger partial charge >= 0.3 is 0 Å². The van der Waals surface area contributed by atoms with Crippen molar-refractivity contribution in [2.24, 2.45) is 4.99 Å². The van der Waals surface area contributed by atoms with E-state index in [1.165, 1.54) is 6.08 Å². The third-order valence-corrected chi connectivity index (χ3v) is 6.86. The van der Waals surface area contributed by atoms with Gasteiger partial charge in [0.25, 0.3) is 5.56 Å². The Morgan fingerprint density at radius 2 is 1.73 bits per heavy atom. The molecule has 0 radical (unpaired) electrons. The number of nitrogens with zero attached hydrogens (tertiary/aromatic N) is 4. The van der Waals surface area contributed by atoms with Crippen molar-refractivity contribution in [2.75, 3.05) is 45.6 Å². The predicted octanol–water partition coefficient (Wildman–Crippen LogP) is 4.58. The van der Waals surface area contributed by atoms with Crippen LogP contribution in [0.25, 0.3) is 38.2 Å². The van der Waals surface area contributed by atoms with Crippen LogP contribution in [0.4, 0.5) is 5.69 Å². The molecule has 1 amide bonds. The maximum absolute atomic E-state index is 13.3. The third-order valence-electron chi connectivity index (χ3n) is 6.86. The van der Waals surface area contributed by atoms with Crippen LogP contribution in [0.2, 0.25) is 0 Å². The highest BCUT2D eigenvalue weighted by molar-refractivity contribution is 6.18. The van der Waals surface area contributed by atoms with Crippen LogP contribution >= 0.6 is 0 Å². The first-order chi connectivity index (χ1) is 19.6. The van der Waals surface area contributed by atoms with Gasteiger partial charge in [-0.3, -0.25) is 14.0 Å². The van der Waals surface area contributed by atoms with Crippen LogP contribution in [-0.4, -0.2) is 67.0 Å². The van der Waals surface area contributed by atoms with Gasteiger partial charge in [-0.05, 0) is 64.2 Å². The van der Waals surface area contributed by atoms with Gasteiger partial charge in [0.1, 0.15) is 5.65 Å². The van der Waals surface area contributed by atoms with Gasteiger partial charge in [0, 0.05) is 40.3 Å². The average Bonchev–Trinajstić information content (AvgIpc) is 3.36. The molecule has 2 aromatic heterocycles. The second kappa shape index (κ2) is 14.2. The smallest absolute Gasteiger partial charge is 0.264 e. The SMILES string of the molecule is CN(C)CCCNc1ccc2c(=O)n3c4ccccc4nc3c3cccc1c23.O=C=NCCCCCCNC=O. The largest absolute Gasteiger partial charge is 0.384 e. The van der Waals surface area contributed by atoms with Gasteiger partial charge in [0.2, 0.25) is 12.5 Å². The van der Waals surface area contributed by atoms with Gasteiger partial charge in [-0.15, -0.1) is 0 Å². The molecule has 5 rings (SSSR count). The number of benzene rings is 3. The molecule has 0 spiro atoms. The molecule has 0 aliphatic carbocycles. The van der Waals surface area contributed by atoms with Crippen LogP contribution in [-0.2, 0) is 9.59 Å². The molecule has 3 aromatic carbocycles. The summed E-state index contributed by atoms with van der Waals surface area (Å²) in [5, 5.41) is 9.95. The molecule has 0 saturated heterocycles. The number of aromatic nitrogens is 2. The van der Waals surface area contributed by atoms with Gasteiger partial charge in [-0.25, -0.2) is 14.8 Å². The Balaban J connectivity index is 0.000000263. The van der Waals surface area contributed by atoms with Crippen LogP contribution in [0, 0.1) is 0 Å². The first-order valence-corrected chi connectivity index (χ1v) is 13.7. The first kappa shape index (κ1) is 28.7. The second-order valence-electron chi connectivity index (χ2n) is 10.00. The van der Waals surface area contributed by atoms with E-state index in [2.05, 4.69) is 46.8 Å². The highest BCUT2D eigenvalue weighted by atomic mass is 16.1. The number of carbonyl (C=O) groups excluding carboxylic acids is 2. The fraction of sp³-hybridized carbons (Fsp3) is 0.355. The molecule has 0 fully saturated rings. The molecule has 0 aliphatic rings. The van der Waals surface area contributed by atoms with Gasteiger partial charge < -0.3 is 15.5 Å². The van der Waals surface area contributed by atoms with Crippen molar-refractivity contribution < 1.29 is 9.59 Å². The fourth-order valence-electron chi connectivity index (χ4n) is 4.95. The molecule has 0 bridgehead atoms. The van der Waals surface area contributed by atoms with Crippen molar-refractivity contribution in [3.8, 4) is 0 Å². The number of carbonyl (C=O) groups is 1. The Hall–Kier alpha value is -4.33. The summed E-state index contributed by atoms with van der Waals surface area (Å²) < 4.78 is 1.75. The summed E-state index contributed by atoms with van der Waals surface area (Å²) in [6.45, 7) is 3.24. The molecule has 208 valence electrons. The lowest BCUT2D eigenvalue weighted by molar-refractivity contribution is -0.109. The Morgan fingerprint density at radius 1 is 0.925 bits per heavy atom. The van der Waals surface area contributed by atoms with Crippen molar-refractivity contribution in [1.29, 1.82) is 0 Å². The molecule has 9 nitrogen and oxygen atoms in total. The molecule has 2 N–H and O–H groups in total. The minimum absolute atomic E-state index is 0.00782. The number of nitrogens with one attached hydrogen (secondary N) is 2. The van der Waals surface area contributed by atoms with E-state index in [1.54, 1.807) is 4.40 Å². The molecule has 0 saturated carbocycles. The summed E-state index contributed by atoms with van der Waals surface area (Å²) in [6, 6.07) is 18.0. The van der Waals surface area contributed by atoms with Gasteiger partial charge in [-0.2, -0.15) is 0 Å². The molecule has 0 unspecified atom stereocenters. The maximum atomic E-state index is 13.3. The number of rotatable bonds is 13. The normalized spacial score (nSPS) is 11.1. The lowest BCUT2D eigenvalue weighted by Crippen LogP contribution is -2.16. The van der Waals surface area contributed by atoms with E-state index in [-0.39, 0.29) is 5.56 Å². The maximum Gasteiger partial charge on any atom is 0.264 e. The van der Waals surface area contributed by atoms with Crippen LogP contribution in [0.15, 0.2) is 64.4 Å². The number of pyridine rings is 1. The van der Waals surface area contributed by atoms with Crippen molar-refractivity contribution >= 4 is 56.4 Å². The lowest BCUT2D eigenvalue weighted by atomic mass is 10.0. The van der Waals surface area contributed by atoms with Crippen LogP contribution in [0.5, 0.6) is 0 Å². The highest BCUT2D eigenvalue weighted by Gasteiger charge is 2.17. The van der Waals surface area contributed by atoms with Crippen molar-refractivity contribution in [2.45, 2.75) is 32.1 Å². The molecular weight excluding hydrogens is 504 g/mol. The van der Waals surface area contributed by atoms with Crippen LogP contribution < -0.4 is 16.2 Å². The lowest BCUT2D eigenvalue weighted by Gasteiger charge is -2.14. The summed E-state index contributed by atoms with van der Waals surface area (Å²) >= 11 is 0. The number of isocyanates is 1. The van der Waals surface area contributed by atoms with Crippen LogP contribution in [0.3, 0.4) is 0 Å². The zero-order valence-electron chi connectivity index (χ0n) is 23.2. The number of aliphatic imine (C=N–C) groups is 1. The third kappa shape index (κ3) is 6.62. The van der Waals surface area contributed by atoms with E-state index in [1.807, 2.05) is 42.5 Å². The monoisotopic (exact) mass is 540 g/mol. The molecule has 0 aliphatic heterocycles.